The van der Waals surface area contributed by atoms with Gasteiger partial charge in [-0.25, -0.2) is 4.68 Å². The first kappa shape index (κ1) is 16.7. The van der Waals surface area contributed by atoms with E-state index in [1.54, 1.807) is 35.1 Å². The summed E-state index contributed by atoms with van der Waals surface area (Å²) in [6.07, 6.45) is 3.29. The Morgan fingerprint density at radius 1 is 1.35 bits per heavy atom. The number of aromatic nitrogens is 5. The molecule has 2 aromatic heterocycles. The Morgan fingerprint density at radius 3 is 2.88 bits per heavy atom. The zero-order valence-corrected chi connectivity index (χ0v) is 14.9. The van der Waals surface area contributed by atoms with Crippen molar-refractivity contribution in [1.29, 1.82) is 0 Å². The highest BCUT2D eigenvalue weighted by atomic mass is 35.5. The molecule has 8 nitrogen and oxygen atoms in total. The lowest BCUT2D eigenvalue weighted by Gasteiger charge is -2.16. The number of aryl methyl sites for hydroxylation is 1. The van der Waals surface area contributed by atoms with Crippen LogP contribution in [-0.4, -0.2) is 49.0 Å². The molecule has 26 heavy (non-hydrogen) atoms. The van der Waals surface area contributed by atoms with Gasteiger partial charge in [-0.2, -0.15) is 4.98 Å². The number of likely N-dealkylation sites (tertiary alicyclic amines) is 1. The molecular weight excluding hydrogens is 356 g/mol. The summed E-state index contributed by atoms with van der Waals surface area (Å²) in [6, 6.07) is 7.00. The van der Waals surface area contributed by atoms with Crippen molar-refractivity contribution >= 4 is 17.5 Å². The van der Waals surface area contributed by atoms with E-state index < -0.39 is 0 Å². The van der Waals surface area contributed by atoms with Crippen LogP contribution in [0.5, 0.6) is 0 Å². The number of hydrogen-bond acceptors (Lipinski definition) is 6. The fourth-order valence-corrected chi connectivity index (χ4v) is 3.10. The maximum absolute atomic E-state index is 12.6. The molecule has 1 aliphatic rings. The molecule has 0 aliphatic carbocycles. The van der Waals surface area contributed by atoms with Crippen LogP contribution in [0.4, 0.5) is 0 Å². The van der Waals surface area contributed by atoms with E-state index >= 15 is 0 Å². The summed E-state index contributed by atoms with van der Waals surface area (Å²) < 4.78 is 6.96. The number of nitrogens with zero attached hydrogens (tertiary/aromatic N) is 6. The molecule has 3 heterocycles. The molecule has 0 N–H and O–H groups in total. The molecule has 0 saturated carbocycles. The highest BCUT2D eigenvalue weighted by Gasteiger charge is 2.29. The normalized spacial score (nSPS) is 17.0. The third-order valence-corrected chi connectivity index (χ3v) is 4.68. The first-order valence-electron chi connectivity index (χ1n) is 8.43. The summed E-state index contributed by atoms with van der Waals surface area (Å²) in [6.45, 7) is 3.20. The second-order valence-corrected chi connectivity index (χ2v) is 6.59. The van der Waals surface area contributed by atoms with Gasteiger partial charge in [-0.05, 0) is 30.7 Å². The SMILES string of the molecule is CCc1noc(-c2cn([C@H]3CCN(C(=O)c4ccc(Cl)cc4)C3)nn2)n1. The van der Waals surface area contributed by atoms with Gasteiger partial charge in [-0.15, -0.1) is 5.10 Å². The van der Waals surface area contributed by atoms with Gasteiger partial charge in [0.2, 0.25) is 0 Å². The summed E-state index contributed by atoms with van der Waals surface area (Å²) in [4.78, 5) is 18.7. The molecule has 1 saturated heterocycles. The fourth-order valence-electron chi connectivity index (χ4n) is 2.97. The highest BCUT2D eigenvalue weighted by Crippen LogP contribution is 2.24. The monoisotopic (exact) mass is 372 g/mol. The molecule has 0 bridgehead atoms. The van der Waals surface area contributed by atoms with Crippen LogP contribution in [0, 0.1) is 0 Å². The predicted octanol–water partition coefficient (Wildman–Crippen LogP) is 2.63. The van der Waals surface area contributed by atoms with Crippen molar-refractivity contribution in [2.24, 2.45) is 0 Å². The Bertz CT molecular complexity index is 919. The molecular formula is C17H17ClN6O2. The van der Waals surface area contributed by atoms with Gasteiger partial charge in [-0.3, -0.25) is 4.79 Å². The third-order valence-electron chi connectivity index (χ3n) is 4.43. The molecule has 0 spiro atoms. The lowest BCUT2D eigenvalue weighted by molar-refractivity contribution is 0.0787. The minimum absolute atomic E-state index is 0.00556. The van der Waals surface area contributed by atoms with Gasteiger partial charge in [0.1, 0.15) is 0 Å². The van der Waals surface area contributed by atoms with Crippen molar-refractivity contribution in [1.82, 2.24) is 30.0 Å². The lowest BCUT2D eigenvalue weighted by atomic mass is 10.2. The lowest BCUT2D eigenvalue weighted by Crippen LogP contribution is -2.29. The second-order valence-electron chi connectivity index (χ2n) is 6.15. The van der Waals surface area contributed by atoms with E-state index in [2.05, 4.69) is 20.5 Å². The molecule has 1 fully saturated rings. The molecule has 1 aliphatic heterocycles. The van der Waals surface area contributed by atoms with Gasteiger partial charge < -0.3 is 9.42 Å². The standard InChI is InChI=1S/C17H17ClN6O2/c1-2-15-19-16(26-21-15)14-10-24(22-20-14)13-7-8-23(9-13)17(25)11-3-5-12(18)6-4-11/h3-6,10,13H,2,7-9H2,1H3/t13-/m0/s1. The van der Waals surface area contributed by atoms with Gasteiger partial charge in [0.15, 0.2) is 11.5 Å². The largest absolute Gasteiger partial charge is 0.336 e. The van der Waals surface area contributed by atoms with Gasteiger partial charge >= 0.3 is 0 Å². The van der Waals surface area contributed by atoms with Gasteiger partial charge in [0, 0.05) is 30.1 Å². The number of benzene rings is 1. The fraction of sp³-hybridized carbons (Fsp3) is 0.353. The Balaban J connectivity index is 1.45. The number of hydrogen-bond donors (Lipinski definition) is 0. The average molecular weight is 373 g/mol. The van der Waals surface area contributed by atoms with Crippen LogP contribution in [0.1, 0.15) is 35.6 Å². The zero-order valence-electron chi connectivity index (χ0n) is 14.2. The molecule has 3 aromatic rings. The van der Waals surface area contributed by atoms with Crippen molar-refractivity contribution in [2.45, 2.75) is 25.8 Å². The van der Waals surface area contributed by atoms with E-state index in [9.17, 15) is 4.79 Å². The summed E-state index contributed by atoms with van der Waals surface area (Å²) in [7, 11) is 0. The topological polar surface area (TPSA) is 89.9 Å². The Labute approximate surface area is 154 Å². The predicted molar refractivity (Wildman–Crippen MR) is 93.7 cm³/mol. The van der Waals surface area contributed by atoms with Crippen LogP contribution in [0.3, 0.4) is 0 Å². The van der Waals surface area contributed by atoms with E-state index in [1.807, 2.05) is 11.8 Å². The zero-order chi connectivity index (χ0) is 18.1. The van der Waals surface area contributed by atoms with Gasteiger partial charge in [0.25, 0.3) is 11.8 Å². The first-order valence-corrected chi connectivity index (χ1v) is 8.81. The number of carbonyl (C=O) groups is 1. The van der Waals surface area contributed by atoms with Crippen molar-refractivity contribution in [3.05, 3.63) is 46.9 Å². The van der Waals surface area contributed by atoms with E-state index in [0.29, 0.717) is 47.5 Å². The number of carbonyl (C=O) groups excluding carboxylic acids is 1. The maximum atomic E-state index is 12.6. The molecule has 1 aromatic carbocycles. The number of rotatable bonds is 4. The molecule has 0 unspecified atom stereocenters. The molecule has 9 heteroatoms. The van der Waals surface area contributed by atoms with Crippen LogP contribution in [0.25, 0.3) is 11.6 Å². The van der Waals surface area contributed by atoms with E-state index in [4.69, 9.17) is 16.1 Å². The van der Waals surface area contributed by atoms with Crippen LogP contribution in [0.2, 0.25) is 5.02 Å². The minimum Gasteiger partial charge on any atom is -0.336 e. The highest BCUT2D eigenvalue weighted by molar-refractivity contribution is 6.30. The quantitative estimate of drug-likeness (QED) is 0.699. The molecule has 0 radical (unpaired) electrons. The summed E-state index contributed by atoms with van der Waals surface area (Å²) >= 11 is 5.88. The molecule has 1 atom stereocenters. The smallest absolute Gasteiger partial charge is 0.280 e. The van der Waals surface area contributed by atoms with Crippen molar-refractivity contribution < 1.29 is 9.32 Å². The third kappa shape index (κ3) is 3.20. The van der Waals surface area contributed by atoms with Crippen LogP contribution in [-0.2, 0) is 6.42 Å². The summed E-state index contributed by atoms with van der Waals surface area (Å²) in [5, 5.41) is 12.8. The number of halogens is 1. The van der Waals surface area contributed by atoms with E-state index in [-0.39, 0.29) is 11.9 Å². The Kier molecular flexibility index (Phi) is 4.42. The maximum Gasteiger partial charge on any atom is 0.280 e. The van der Waals surface area contributed by atoms with Crippen LogP contribution in [0.15, 0.2) is 35.0 Å². The minimum atomic E-state index is -0.00556. The Morgan fingerprint density at radius 2 is 2.15 bits per heavy atom. The van der Waals surface area contributed by atoms with Gasteiger partial charge in [-0.1, -0.05) is 28.9 Å². The average Bonchev–Trinajstić information content (AvgIpc) is 3.40. The van der Waals surface area contributed by atoms with Gasteiger partial charge in [0.05, 0.1) is 12.2 Å². The number of amides is 1. The molecule has 4 rings (SSSR count). The van der Waals surface area contributed by atoms with Crippen LogP contribution >= 0.6 is 11.6 Å². The second kappa shape index (κ2) is 6.87. The van der Waals surface area contributed by atoms with Crippen molar-refractivity contribution in [3.8, 4) is 11.6 Å². The van der Waals surface area contributed by atoms with E-state index in [1.165, 1.54) is 0 Å². The summed E-state index contributed by atoms with van der Waals surface area (Å²) in [5.74, 6) is 0.990. The van der Waals surface area contributed by atoms with Crippen LogP contribution < -0.4 is 0 Å². The van der Waals surface area contributed by atoms with Crippen molar-refractivity contribution in [3.63, 3.8) is 0 Å². The van der Waals surface area contributed by atoms with E-state index in [0.717, 1.165) is 6.42 Å². The first-order chi connectivity index (χ1) is 12.6. The molecule has 134 valence electrons. The Hall–Kier alpha value is -2.74. The van der Waals surface area contributed by atoms with Crippen molar-refractivity contribution in [2.75, 3.05) is 13.1 Å². The molecule has 1 amide bonds. The summed E-state index contributed by atoms with van der Waals surface area (Å²) in [5.41, 5.74) is 1.17.